The molecule has 0 radical (unpaired) electrons. The fourth-order valence-electron chi connectivity index (χ4n) is 1.18. The maximum Gasteiger partial charge on any atom is 0.217 e. The highest BCUT2D eigenvalue weighted by atomic mass is 32.1. The topological polar surface area (TPSA) is 55.1 Å². The van der Waals surface area contributed by atoms with Crippen molar-refractivity contribution in [3.63, 3.8) is 0 Å². The summed E-state index contributed by atoms with van der Waals surface area (Å²) in [5.74, 6) is -0.218. The van der Waals surface area contributed by atoms with Crippen LogP contribution in [-0.4, -0.2) is 19.0 Å². The highest BCUT2D eigenvalue weighted by molar-refractivity contribution is 7.07. The fraction of sp³-hybridized carbons (Fsp3) is 0.500. The van der Waals surface area contributed by atoms with Crippen LogP contribution in [0.1, 0.15) is 18.4 Å². The Kier molecular flexibility index (Phi) is 5.25. The van der Waals surface area contributed by atoms with Gasteiger partial charge in [0.2, 0.25) is 5.91 Å². The van der Waals surface area contributed by atoms with E-state index in [1.807, 2.05) is 0 Å². The van der Waals surface area contributed by atoms with Crippen LogP contribution in [-0.2, 0) is 11.2 Å². The molecule has 1 aromatic rings. The molecular weight excluding hydrogens is 196 g/mol. The summed E-state index contributed by atoms with van der Waals surface area (Å²) >= 11 is 1.72. The average Bonchev–Trinajstić information content (AvgIpc) is 2.63. The third-order valence-corrected chi connectivity index (χ3v) is 2.68. The van der Waals surface area contributed by atoms with Gasteiger partial charge in [0.15, 0.2) is 0 Å². The normalized spacial score (nSPS) is 10.3. The van der Waals surface area contributed by atoms with Crippen LogP contribution in [0, 0.1) is 0 Å². The van der Waals surface area contributed by atoms with E-state index in [-0.39, 0.29) is 5.91 Å². The first kappa shape index (κ1) is 11.2. The summed E-state index contributed by atoms with van der Waals surface area (Å²) in [6.45, 7) is 1.84. The van der Waals surface area contributed by atoms with Gasteiger partial charge >= 0.3 is 0 Å². The first-order valence-electron chi connectivity index (χ1n) is 4.79. The molecule has 0 spiro atoms. The van der Waals surface area contributed by atoms with Gasteiger partial charge in [-0.3, -0.25) is 4.79 Å². The van der Waals surface area contributed by atoms with E-state index in [1.54, 1.807) is 11.3 Å². The lowest BCUT2D eigenvalue weighted by molar-refractivity contribution is -0.118. The minimum Gasteiger partial charge on any atom is -0.370 e. The second-order valence-corrected chi connectivity index (χ2v) is 3.98. The Labute approximate surface area is 88.3 Å². The summed E-state index contributed by atoms with van der Waals surface area (Å²) in [7, 11) is 0. The number of nitrogens with two attached hydrogens (primary N) is 1. The van der Waals surface area contributed by atoms with Crippen molar-refractivity contribution >= 4 is 17.2 Å². The second kappa shape index (κ2) is 6.56. The predicted octanol–water partition coefficient (Wildman–Crippen LogP) is 1.15. The first-order chi connectivity index (χ1) is 6.79. The molecule has 14 heavy (non-hydrogen) atoms. The number of hydrogen-bond acceptors (Lipinski definition) is 3. The highest BCUT2D eigenvalue weighted by Crippen LogP contribution is 2.05. The quantitative estimate of drug-likeness (QED) is 0.666. The molecule has 4 heteroatoms. The molecule has 3 N–H and O–H groups in total. The molecule has 0 bridgehead atoms. The molecule has 78 valence electrons. The highest BCUT2D eigenvalue weighted by Gasteiger charge is 1.95. The third-order valence-electron chi connectivity index (χ3n) is 1.95. The number of thiophene rings is 1. The van der Waals surface area contributed by atoms with Gasteiger partial charge in [-0.05, 0) is 48.3 Å². The molecule has 0 atom stereocenters. The van der Waals surface area contributed by atoms with Crippen LogP contribution in [0.15, 0.2) is 16.8 Å². The molecule has 1 heterocycles. The van der Waals surface area contributed by atoms with Gasteiger partial charge in [0.25, 0.3) is 0 Å². The summed E-state index contributed by atoms with van der Waals surface area (Å²) in [6, 6.07) is 2.13. The van der Waals surface area contributed by atoms with Crippen molar-refractivity contribution in [3.05, 3.63) is 22.4 Å². The summed E-state index contributed by atoms with van der Waals surface area (Å²) in [5.41, 5.74) is 6.39. The fourth-order valence-corrected chi connectivity index (χ4v) is 1.88. The Hall–Kier alpha value is -0.870. The molecule has 1 aromatic heterocycles. The van der Waals surface area contributed by atoms with Crippen molar-refractivity contribution in [2.45, 2.75) is 19.3 Å². The van der Waals surface area contributed by atoms with Crippen molar-refractivity contribution < 1.29 is 4.79 Å². The molecule has 0 saturated heterocycles. The van der Waals surface area contributed by atoms with Gasteiger partial charge in [0.05, 0.1) is 0 Å². The standard InChI is InChI=1S/C10H16N2OS/c11-10(13)2-1-5-12-6-3-9-4-7-14-8-9/h4,7-8,12H,1-3,5-6H2,(H2,11,13). The van der Waals surface area contributed by atoms with E-state index in [4.69, 9.17) is 5.73 Å². The third kappa shape index (κ3) is 4.99. The van der Waals surface area contributed by atoms with Crippen LogP contribution in [0.2, 0.25) is 0 Å². The summed E-state index contributed by atoms with van der Waals surface area (Å²) in [6.07, 6.45) is 2.37. The van der Waals surface area contributed by atoms with Crippen LogP contribution in [0.5, 0.6) is 0 Å². The van der Waals surface area contributed by atoms with E-state index in [9.17, 15) is 4.79 Å². The summed E-state index contributed by atoms with van der Waals surface area (Å²) in [5, 5.41) is 7.52. The van der Waals surface area contributed by atoms with E-state index >= 15 is 0 Å². The maximum atomic E-state index is 10.4. The van der Waals surface area contributed by atoms with Gasteiger partial charge in [-0.1, -0.05) is 0 Å². The zero-order valence-corrected chi connectivity index (χ0v) is 8.98. The molecule has 0 fully saturated rings. The number of hydrogen-bond donors (Lipinski definition) is 2. The predicted molar refractivity (Wildman–Crippen MR) is 59.3 cm³/mol. The second-order valence-electron chi connectivity index (χ2n) is 3.20. The van der Waals surface area contributed by atoms with Crippen molar-refractivity contribution in [1.82, 2.24) is 5.32 Å². The largest absolute Gasteiger partial charge is 0.370 e. The van der Waals surface area contributed by atoms with E-state index in [1.165, 1.54) is 5.56 Å². The number of rotatable bonds is 7. The molecule has 1 amide bonds. The van der Waals surface area contributed by atoms with Crippen molar-refractivity contribution in [3.8, 4) is 0 Å². The van der Waals surface area contributed by atoms with E-state index < -0.39 is 0 Å². The van der Waals surface area contributed by atoms with Crippen molar-refractivity contribution in [1.29, 1.82) is 0 Å². The summed E-state index contributed by atoms with van der Waals surface area (Å²) < 4.78 is 0. The zero-order chi connectivity index (χ0) is 10.2. The Bertz CT molecular complexity index is 259. The lowest BCUT2D eigenvalue weighted by Gasteiger charge is -2.01. The number of amides is 1. The smallest absolute Gasteiger partial charge is 0.217 e. The Balaban J connectivity index is 1.92. The zero-order valence-electron chi connectivity index (χ0n) is 8.16. The Morgan fingerprint density at radius 2 is 2.36 bits per heavy atom. The van der Waals surface area contributed by atoms with Gasteiger partial charge in [-0.2, -0.15) is 11.3 Å². The first-order valence-corrected chi connectivity index (χ1v) is 5.73. The van der Waals surface area contributed by atoms with Gasteiger partial charge in [-0.15, -0.1) is 0 Å². The minimum atomic E-state index is -0.218. The molecule has 0 aliphatic rings. The number of carbonyl (C=O) groups excluding carboxylic acids is 1. The molecule has 0 aliphatic heterocycles. The van der Waals surface area contributed by atoms with Gasteiger partial charge < -0.3 is 11.1 Å². The van der Waals surface area contributed by atoms with Gasteiger partial charge in [0.1, 0.15) is 0 Å². The Morgan fingerprint density at radius 1 is 1.50 bits per heavy atom. The minimum absolute atomic E-state index is 0.218. The SMILES string of the molecule is NC(=O)CCCNCCc1ccsc1. The lowest BCUT2D eigenvalue weighted by Crippen LogP contribution is -2.20. The van der Waals surface area contributed by atoms with Crippen LogP contribution >= 0.6 is 11.3 Å². The molecule has 3 nitrogen and oxygen atoms in total. The number of primary amides is 1. The van der Waals surface area contributed by atoms with Crippen LogP contribution in [0.3, 0.4) is 0 Å². The molecular formula is C10H16N2OS. The number of carbonyl (C=O) groups is 1. The Morgan fingerprint density at radius 3 is 3.00 bits per heavy atom. The molecule has 1 rings (SSSR count). The lowest BCUT2D eigenvalue weighted by atomic mass is 10.2. The molecule has 0 aliphatic carbocycles. The van der Waals surface area contributed by atoms with E-state index in [2.05, 4.69) is 22.1 Å². The van der Waals surface area contributed by atoms with Gasteiger partial charge in [0, 0.05) is 6.42 Å². The molecule has 0 saturated carbocycles. The van der Waals surface area contributed by atoms with Crippen LogP contribution < -0.4 is 11.1 Å². The number of nitrogens with one attached hydrogen (secondary N) is 1. The summed E-state index contributed by atoms with van der Waals surface area (Å²) in [4.78, 5) is 10.4. The van der Waals surface area contributed by atoms with Gasteiger partial charge in [-0.25, -0.2) is 0 Å². The molecule has 0 unspecified atom stereocenters. The molecule has 0 aromatic carbocycles. The van der Waals surface area contributed by atoms with Crippen molar-refractivity contribution in [2.75, 3.05) is 13.1 Å². The monoisotopic (exact) mass is 212 g/mol. The van der Waals surface area contributed by atoms with Crippen LogP contribution in [0.4, 0.5) is 0 Å². The maximum absolute atomic E-state index is 10.4. The van der Waals surface area contributed by atoms with E-state index in [0.717, 1.165) is 25.9 Å². The van der Waals surface area contributed by atoms with Crippen molar-refractivity contribution in [2.24, 2.45) is 5.73 Å². The van der Waals surface area contributed by atoms with E-state index in [0.29, 0.717) is 6.42 Å². The van der Waals surface area contributed by atoms with Crippen LogP contribution in [0.25, 0.3) is 0 Å². The average molecular weight is 212 g/mol.